The van der Waals surface area contributed by atoms with Gasteiger partial charge in [-0.3, -0.25) is 0 Å². The van der Waals surface area contributed by atoms with Gasteiger partial charge in [0.1, 0.15) is 0 Å². The second-order valence-electron chi connectivity index (χ2n) is 2.32. The van der Waals surface area contributed by atoms with Crippen LogP contribution in [0, 0.1) is 5.92 Å². The number of aromatic nitrogens is 2. The van der Waals surface area contributed by atoms with Crippen LogP contribution >= 0.6 is 11.5 Å². The maximum atomic E-state index is 3.51. The molecule has 0 aromatic carbocycles. The fourth-order valence-corrected chi connectivity index (χ4v) is 0.408. The minimum Gasteiger partial charge on any atom is -0.147 e. The lowest BCUT2D eigenvalue weighted by Crippen LogP contribution is -1.66. The molecule has 0 radical (unpaired) electrons. The molecule has 0 aliphatic carbocycles. The van der Waals surface area contributed by atoms with Gasteiger partial charge in [0.05, 0.1) is 6.20 Å². The summed E-state index contributed by atoms with van der Waals surface area (Å²) in [4.78, 5) is 0. The lowest BCUT2D eigenvalue weighted by Gasteiger charge is -1.79. The highest BCUT2D eigenvalue weighted by Crippen LogP contribution is 1.81. The molecule has 0 aliphatic rings. The molecule has 2 nitrogen and oxygen atoms in total. The Kier molecular flexibility index (Phi) is 14.7. The Labute approximate surface area is 73.8 Å². The lowest BCUT2D eigenvalue weighted by atomic mass is 10.3. The van der Waals surface area contributed by atoms with Gasteiger partial charge < -0.3 is 0 Å². The van der Waals surface area contributed by atoms with Gasteiger partial charge >= 0.3 is 0 Å². The van der Waals surface area contributed by atoms with E-state index in [4.69, 9.17) is 0 Å². The van der Waals surface area contributed by atoms with Gasteiger partial charge in [-0.25, -0.2) is 0 Å². The number of hydrogen-bond donors (Lipinski definition) is 0. The molecule has 0 spiro atoms. The molecule has 0 fully saturated rings. The first-order chi connectivity index (χ1) is 5.23. The van der Waals surface area contributed by atoms with Crippen molar-refractivity contribution in [1.82, 2.24) is 9.59 Å². The molecule has 11 heavy (non-hydrogen) atoms. The highest BCUT2D eigenvalue weighted by molar-refractivity contribution is 7.03. The summed E-state index contributed by atoms with van der Waals surface area (Å²) in [6, 6.07) is 0. The first-order valence-corrected chi connectivity index (χ1v) is 4.78. The number of hydrogen-bond acceptors (Lipinski definition) is 3. The normalized spacial score (nSPS) is 7.45. The van der Waals surface area contributed by atoms with E-state index in [9.17, 15) is 0 Å². The molecule has 66 valence electrons. The monoisotopic (exact) mass is 174 g/mol. The lowest BCUT2D eigenvalue weighted by molar-refractivity contribution is 0.737. The average Bonchev–Trinajstić information content (AvgIpc) is 2.44. The van der Waals surface area contributed by atoms with Crippen molar-refractivity contribution in [2.45, 2.75) is 34.6 Å². The molecule has 0 bridgehead atoms. The number of nitrogens with zero attached hydrogens (tertiary/aromatic N) is 2. The van der Waals surface area contributed by atoms with Crippen LogP contribution in [0.2, 0.25) is 0 Å². The SMILES string of the molecule is CC.CC(C)C.c1csnn1. The summed E-state index contributed by atoms with van der Waals surface area (Å²) in [5.41, 5.74) is 0. The Morgan fingerprint density at radius 2 is 1.64 bits per heavy atom. The summed E-state index contributed by atoms with van der Waals surface area (Å²) in [6.45, 7) is 10.5. The van der Waals surface area contributed by atoms with Gasteiger partial charge in [0, 0.05) is 5.38 Å². The van der Waals surface area contributed by atoms with E-state index in [1.54, 1.807) is 6.20 Å². The van der Waals surface area contributed by atoms with Gasteiger partial charge in [-0.2, -0.15) is 0 Å². The molecule has 0 aliphatic heterocycles. The summed E-state index contributed by atoms with van der Waals surface area (Å²) < 4.78 is 3.51. The predicted octanol–water partition coefficient (Wildman–Crippen LogP) is 3.23. The summed E-state index contributed by atoms with van der Waals surface area (Å²) >= 11 is 1.35. The van der Waals surface area contributed by atoms with E-state index in [2.05, 4.69) is 30.4 Å². The van der Waals surface area contributed by atoms with Crippen molar-refractivity contribution in [3.05, 3.63) is 11.6 Å². The Bertz CT molecular complexity index is 95.7. The molecule has 0 saturated heterocycles. The van der Waals surface area contributed by atoms with Crippen LogP contribution in [0.4, 0.5) is 0 Å². The zero-order chi connectivity index (χ0) is 9.11. The van der Waals surface area contributed by atoms with E-state index in [0.717, 1.165) is 5.92 Å². The van der Waals surface area contributed by atoms with Crippen molar-refractivity contribution in [1.29, 1.82) is 0 Å². The van der Waals surface area contributed by atoms with Crippen molar-refractivity contribution in [2.24, 2.45) is 5.92 Å². The van der Waals surface area contributed by atoms with Gasteiger partial charge in [0.15, 0.2) is 0 Å². The molecule has 0 amide bonds. The summed E-state index contributed by atoms with van der Waals surface area (Å²) in [6.07, 6.45) is 1.66. The summed E-state index contributed by atoms with van der Waals surface area (Å²) in [7, 11) is 0. The quantitative estimate of drug-likeness (QED) is 0.603. The average molecular weight is 174 g/mol. The van der Waals surface area contributed by atoms with Crippen molar-refractivity contribution < 1.29 is 0 Å². The molecular weight excluding hydrogens is 156 g/mol. The zero-order valence-corrected chi connectivity index (χ0v) is 8.85. The van der Waals surface area contributed by atoms with Crippen molar-refractivity contribution >= 4 is 11.5 Å². The summed E-state index contributed by atoms with van der Waals surface area (Å²) in [5.74, 6) is 0.833. The van der Waals surface area contributed by atoms with E-state index >= 15 is 0 Å². The first kappa shape index (κ1) is 13.2. The highest BCUT2D eigenvalue weighted by Gasteiger charge is 1.68. The van der Waals surface area contributed by atoms with E-state index in [1.807, 2.05) is 19.2 Å². The Morgan fingerprint density at radius 1 is 1.18 bits per heavy atom. The molecule has 0 atom stereocenters. The Hall–Kier alpha value is -0.440. The standard InChI is InChI=1S/C4H10.C2H2N2S.C2H6/c1-4(2)3;1-2-5-4-3-1;1-2/h4H,1-3H3;1-2H;1-2H3. The summed E-state index contributed by atoms with van der Waals surface area (Å²) in [5, 5.41) is 5.31. The van der Waals surface area contributed by atoms with Crippen LogP contribution in [-0.2, 0) is 0 Å². The fourth-order valence-electron chi connectivity index (χ4n) is 0.136. The van der Waals surface area contributed by atoms with Crippen LogP contribution in [-0.4, -0.2) is 9.59 Å². The Morgan fingerprint density at radius 3 is 1.73 bits per heavy atom. The second kappa shape index (κ2) is 12.3. The molecule has 3 heteroatoms. The van der Waals surface area contributed by atoms with Crippen molar-refractivity contribution in [2.75, 3.05) is 0 Å². The molecule has 1 aromatic rings. The molecule has 0 unspecified atom stereocenters. The van der Waals surface area contributed by atoms with Crippen LogP contribution < -0.4 is 0 Å². The molecular formula is C8H18N2S. The van der Waals surface area contributed by atoms with Crippen LogP contribution in [0.3, 0.4) is 0 Å². The smallest absolute Gasteiger partial charge is 0.0620 e. The van der Waals surface area contributed by atoms with E-state index in [-0.39, 0.29) is 0 Å². The van der Waals surface area contributed by atoms with Crippen LogP contribution in [0.5, 0.6) is 0 Å². The predicted molar refractivity (Wildman–Crippen MR) is 51.8 cm³/mol. The molecule has 0 N–H and O–H groups in total. The molecule has 1 rings (SSSR count). The third-order valence-electron chi connectivity index (χ3n) is 0.283. The van der Waals surface area contributed by atoms with Gasteiger partial charge in [-0.05, 0) is 17.5 Å². The molecule has 1 heterocycles. The van der Waals surface area contributed by atoms with Crippen molar-refractivity contribution in [3.8, 4) is 0 Å². The van der Waals surface area contributed by atoms with Gasteiger partial charge in [-0.15, -0.1) is 5.10 Å². The maximum absolute atomic E-state index is 3.51. The second-order valence-corrected chi connectivity index (χ2v) is 2.97. The largest absolute Gasteiger partial charge is 0.147 e. The fraction of sp³-hybridized carbons (Fsp3) is 0.750. The number of rotatable bonds is 0. The molecule has 1 aromatic heterocycles. The van der Waals surface area contributed by atoms with E-state index < -0.39 is 0 Å². The minimum atomic E-state index is 0.833. The van der Waals surface area contributed by atoms with Crippen LogP contribution in [0.15, 0.2) is 11.6 Å². The topological polar surface area (TPSA) is 25.8 Å². The zero-order valence-electron chi connectivity index (χ0n) is 8.03. The molecule has 0 saturated carbocycles. The van der Waals surface area contributed by atoms with Crippen LogP contribution in [0.1, 0.15) is 34.6 Å². The van der Waals surface area contributed by atoms with Crippen LogP contribution in [0.25, 0.3) is 0 Å². The van der Waals surface area contributed by atoms with Crippen molar-refractivity contribution in [3.63, 3.8) is 0 Å². The minimum absolute atomic E-state index is 0.833. The van der Waals surface area contributed by atoms with E-state index in [0.29, 0.717) is 0 Å². The van der Waals surface area contributed by atoms with Gasteiger partial charge in [-0.1, -0.05) is 39.1 Å². The Balaban J connectivity index is 0. The van der Waals surface area contributed by atoms with E-state index in [1.165, 1.54) is 11.5 Å². The first-order valence-electron chi connectivity index (χ1n) is 3.94. The van der Waals surface area contributed by atoms with Gasteiger partial charge in [0.2, 0.25) is 0 Å². The third kappa shape index (κ3) is 26.3. The highest BCUT2D eigenvalue weighted by atomic mass is 32.1. The van der Waals surface area contributed by atoms with Gasteiger partial charge in [0.25, 0.3) is 0 Å². The maximum Gasteiger partial charge on any atom is 0.0620 e. The third-order valence-corrected chi connectivity index (χ3v) is 0.715.